The molecule has 2 heteroatoms. The summed E-state index contributed by atoms with van der Waals surface area (Å²) in [4.78, 5) is 0. The molecule has 0 heterocycles. The molecule has 1 aromatic carbocycles. The van der Waals surface area contributed by atoms with Crippen LogP contribution in [0.25, 0.3) is 0 Å². The Hall–Kier alpha value is -1.70. The average Bonchev–Trinajstić information content (AvgIpc) is 2.51. The maximum absolute atomic E-state index is 10.7. The number of hydrogen-bond acceptors (Lipinski definition) is 2. The van der Waals surface area contributed by atoms with Crippen LogP contribution in [0.4, 0.5) is 0 Å². The van der Waals surface area contributed by atoms with E-state index in [9.17, 15) is 10.2 Å². The van der Waals surface area contributed by atoms with Crippen molar-refractivity contribution in [3.05, 3.63) is 47.1 Å². The molecule has 0 radical (unpaired) electrons. The fourth-order valence-corrected chi connectivity index (χ4v) is 3.85. The van der Waals surface area contributed by atoms with Gasteiger partial charge >= 0.3 is 0 Å². The Labute approximate surface area is 146 Å². The Bertz CT molecular complexity index is 604. The van der Waals surface area contributed by atoms with Gasteiger partial charge in [0.1, 0.15) is 11.5 Å². The van der Waals surface area contributed by atoms with Crippen LogP contribution >= 0.6 is 0 Å². The second-order valence-corrected chi connectivity index (χ2v) is 7.55. The SMILES string of the molecule is C=C(C)[C@@H]1CCC(C)=C[C@H]1c1c(O)cc(C(C)CCCC)cc1O. The Kier molecular flexibility index (Phi) is 6.15. The molecule has 2 rings (SSSR count). The van der Waals surface area contributed by atoms with Gasteiger partial charge in [-0.15, -0.1) is 0 Å². The quantitative estimate of drug-likeness (QED) is 0.592. The third-order valence-corrected chi connectivity index (χ3v) is 5.43. The van der Waals surface area contributed by atoms with Crippen LogP contribution in [0.1, 0.15) is 82.8 Å². The molecule has 1 aromatic rings. The van der Waals surface area contributed by atoms with Crippen molar-refractivity contribution < 1.29 is 10.2 Å². The smallest absolute Gasteiger partial charge is 0.123 e. The first kappa shape index (κ1) is 18.6. The fourth-order valence-electron chi connectivity index (χ4n) is 3.85. The molecule has 1 aliphatic carbocycles. The third-order valence-electron chi connectivity index (χ3n) is 5.43. The summed E-state index contributed by atoms with van der Waals surface area (Å²) in [5.41, 5.74) is 4.11. The van der Waals surface area contributed by atoms with Crippen molar-refractivity contribution in [2.24, 2.45) is 5.92 Å². The predicted molar refractivity (Wildman–Crippen MR) is 102 cm³/mol. The van der Waals surface area contributed by atoms with Crippen molar-refractivity contribution in [3.8, 4) is 11.5 Å². The first-order valence-electron chi connectivity index (χ1n) is 9.23. The van der Waals surface area contributed by atoms with E-state index in [-0.39, 0.29) is 23.3 Å². The van der Waals surface area contributed by atoms with Crippen molar-refractivity contribution in [2.45, 2.75) is 71.6 Å². The first-order valence-corrected chi connectivity index (χ1v) is 9.23. The summed E-state index contributed by atoms with van der Waals surface area (Å²) in [6.07, 6.45) is 7.67. The molecule has 0 bridgehead atoms. The Morgan fingerprint density at radius 2 is 1.92 bits per heavy atom. The van der Waals surface area contributed by atoms with Crippen LogP contribution < -0.4 is 0 Å². The summed E-state index contributed by atoms with van der Waals surface area (Å²) in [6.45, 7) is 12.6. The van der Waals surface area contributed by atoms with E-state index in [1.807, 2.05) is 19.1 Å². The topological polar surface area (TPSA) is 40.5 Å². The zero-order chi connectivity index (χ0) is 17.9. The second-order valence-electron chi connectivity index (χ2n) is 7.55. The maximum atomic E-state index is 10.7. The number of rotatable bonds is 6. The number of phenols is 2. The van der Waals surface area contributed by atoms with E-state index >= 15 is 0 Å². The van der Waals surface area contributed by atoms with Gasteiger partial charge in [0.25, 0.3) is 0 Å². The summed E-state index contributed by atoms with van der Waals surface area (Å²) in [7, 11) is 0. The number of hydrogen-bond donors (Lipinski definition) is 2. The first-order chi connectivity index (χ1) is 11.3. The molecule has 1 aliphatic rings. The van der Waals surface area contributed by atoms with Crippen LogP contribution in [0.5, 0.6) is 11.5 Å². The Balaban J connectivity index is 2.39. The molecule has 132 valence electrons. The molecule has 0 aliphatic heterocycles. The highest BCUT2D eigenvalue weighted by Crippen LogP contribution is 2.47. The van der Waals surface area contributed by atoms with Crippen molar-refractivity contribution >= 4 is 0 Å². The van der Waals surface area contributed by atoms with Gasteiger partial charge in [0.15, 0.2) is 0 Å². The molecule has 0 fully saturated rings. The van der Waals surface area contributed by atoms with Crippen molar-refractivity contribution in [3.63, 3.8) is 0 Å². The van der Waals surface area contributed by atoms with Gasteiger partial charge in [-0.1, -0.05) is 50.5 Å². The van der Waals surface area contributed by atoms with Gasteiger partial charge in [-0.2, -0.15) is 0 Å². The van der Waals surface area contributed by atoms with Gasteiger partial charge in [-0.05, 0) is 62.6 Å². The molecule has 0 aromatic heterocycles. The highest BCUT2D eigenvalue weighted by molar-refractivity contribution is 5.52. The highest BCUT2D eigenvalue weighted by atomic mass is 16.3. The van der Waals surface area contributed by atoms with E-state index in [2.05, 4.69) is 33.4 Å². The number of aromatic hydroxyl groups is 2. The van der Waals surface area contributed by atoms with Crippen LogP contribution in [0, 0.1) is 5.92 Å². The fraction of sp³-hybridized carbons (Fsp3) is 0.545. The molecule has 0 spiro atoms. The molecule has 0 saturated heterocycles. The second kappa shape index (κ2) is 7.92. The van der Waals surface area contributed by atoms with Gasteiger partial charge in [0.05, 0.1) is 0 Å². The van der Waals surface area contributed by atoms with E-state index in [0.29, 0.717) is 11.5 Å². The lowest BCUT2D eigenvalue weighted by Crippen LogP contribution is -2.17. The average molecular weight is 328 g/mol. The van der Waals surface area contributed by atoms with Crippen molar-refractivity contribution in [2.75, 3.05) is 0 Å². The third kappa shape index (κ3) is 4.03. The minimum atomic E-state index is 0.0104. The molecular weight excluding hydrogens is 296 g/mol. The number of phenolic OH excluding ortho intramolecular Hbond substituents is 2. The molecule has 3 atom stereocenters. The highest BCUT2D eigenvalue weighted by Gasteiger charge is 2.30. The van der Waals surface area contributed by atoms with E-state index in [4.69, 9.17) is 0 Å². The number of unbranched alkanes of at least 4 members (excludes halogenated alkanes) is 1. The summed E-state index contributed by atoms with van der Waals surface area (Å²) in [5.74, 6) is 1.06. The van der Waals surface area contributed by atoms with E-state index < -0.39 is 0 Å². The van der Waals surface area contributed by atoms with E-state index in [0.717, 1.165) is 43.2 Å². The largest absolute Gasteiger partial charge is 0.507 e. The van der Waals surface area contributed by atoms with Crippen LogP contribution in [-0.4, -0.2) is 10.2 Å². The minimum Gasteiger partial charge on any atom is -0.507 e. The lowest BCUT2D eigenvalue weighted by Gasteiger charge is -2.31. The van der Waals surface area contributed by atoms with E-state index in [1.165, 1.54) is 5.57 Å². The summed E-state index contributed by atoms with van der Waals surface area (Å²) in [6, 6.07) is 3.70. The Morgan fingerprint density at radius 1 is 1.29 bits per heavy atom. The van der Waals surface area contributed by atoms with Crippen molar-refractivity contribution in [1.29, 1.82) is 0 Å². The normalized spacial score (nSPS) is 22.1. The number of benzene rings is 1. The lowest BCUT2D eigenvalue weighted by molar-refractivity contribution is 0.405. The molecule has 2 nitrogen and oxygen atoms in total. The van der Waals surface area contributed by atoms with Gasteiger partial charge in [0, 0.05) is 11.5 Å². The van der Waals surface area contributed by atoms with Gasteiger partial charge < -0.3 is 10.2 Å². The molecule has 0 saturated carbocycles. The lowest BCUT2D eigenvalue weighted by atomic mass is 9.73. The van der Waals surface area contributed by atoms with Gasteiger partial charge in [0.2, 0.25) is 0 Å². The summed E-state index contributed by atoms with van der Waals surface area (Å²) < 4.78 is 0. The Morgan fingerprint density at radius 3 is 2.46 bits per heavy atom. The molecule has 0 amide bonds. The molecular formula is C22H32O2. The summed E-state index contributed by atoms with van der Waals surface area (Å²) in [5, 5.41) is 21.3. The van der Waals surface area contributed by atoms with Gasteiger partial charge in [-0.25, -0.2) is 0 Å². The standard InChI is InChI=1S/C22H32O2/c1-6-7-8-16(5)17-12-20(23)22(21(24)13-17)19-11-15(4)9-10-18(19)14(2)3/h11-13,16,18-19,23-24H,2,6-10H2,1,3-5H3/t16?,18-,19+/m0/s1. The predicted octanol–water partition coefficient (Wildman–Crippen LogP) is 6.41. The maximum Gasteiger partial charge on any atom is 0.123 e. The zero-order valence-corrected chi connectivity index (χ0v) is 15.6. The van der Waals surface area contributed by atoms with Crippen molar-refractivity contribution in [1.82, 2.24) is 0 Å². The van der Waals surface area contributed by atoms with Gasteiger partial charge in [-0.3, -0.25) is 0 Å². The van der Waals surface area contributed by atoms with Crippen LogP contribution in [-0.2, 0) is 0 Å². The zero-order valence-electron chi connectivity index (χ0n) is 15.6. The monoisotopic (exact) mass is 328 g/mol. The van der Waals surface area contributed by atoms with Crippen LogP contribution in [0.3, 0.4) is 0 Å². The minimum absolute atomic E-state index is 0.0104. The molecule has 1 unspecified atom stereocenters. The summed E-state index contributed by atoms with van der Waals surface area (Å²) >= 11 is 0. The molecule has 2 N–H and O–H groups in total. The van der Waals surface area contributed by atoms with Crippen LogP contribution in [0.15, 0.2) is 35.9 Å². The molecule has 24 heavy (non-hydrogen) atoms. The number of allylic oxidation sites excluding steroid dienone is 3. The van der Waals surface area contributed by atoms with E-state index in [1.54, 1.807) is 0 Å². The van der Waals surface area contributed by atoms with Crippen LogP contribution in [0.2, 0.25) is 0 Å².